The van der Waals surface area contributed by atoms with Crippen molar-refractivity contribution in [2.75, 3.05) is 19.0 Å². The molecule has 6 heteroatoms. The van der Waals surface area contributed by atoms with Gasteiger partial charge in [-0.15, -0.1) is 0 Å². The Hall–Kier alpha value is -2.60. The molecule has 2 aromatic heterocycles. The summed E-state index contributed by atoms with van der Waals surface area (Å²) in [4.78, 5) is 7.32. The first-order valence-corrected chi connectivity index (χ1v) is 8.93. The Labute approximate surface area is 158 Å². The molecule has 0 bridgehead atoms. The van der Waals surface area contributed by atoms with Crippen LogP contribution in [-0.2, 0) is 5.41 Å². The van der Waals surface area contributed by atoms with Crippen LogP contribution in [0, 0.1) is 5.82 Å². The smallest absolute Gasteiger partial charge is 0.123 e. The first-order chi connectivity index (χ1) is 12.7. The van der Waals surface area contributed by atoms with Gasteiger partial charge < -0.3 is 20.1 Å². The molecule has 1 unspecified atom stereocenters. The van der Waals surface area contributed by atoms with Crippen LogP contribution in [-0.4, -0.2) is 34.3 Å². The molecule has 1 aromatic carbocycles. The van der Waals surface area contributed by atoms with Gasteiger partial charge in [0, 0.05) is 23.7 Å². The number of nitrogens with one attached hydrogen (secondary N) is 2. The molecule has 3 aromatic rings. The lowest BCUT2D eigenvalue weighted by molar-refractivity contribution is 0.0435. The third-order valence-electron chi connectivity index (χ3n) is 4.80. The Morgan fingerprint density at radius 2 is 2.00 bits per heavy atom. The fourth-order valence-corrected chi connectivity index (χ4v) is 3.67. The summed E-state index contributed by atoms with van der Waals surface area (Å²) in [5, 5.41) is 15.3. The van der Waals surface area contributed by atoms with Crippen molar-refractivity contribution in [1.82, 2.24) is 9.97 Å². The minimum atomic E-state index is -1.02. The van der Waals surface area contributed by atoms with Crippen LogP contribution < -0.4 is 10.1 Å². The lowest BCUT2D eigenvalue weighted by atomic mass is 9.75. The number of methoxy groups -OCH3 is 1. The summed E-state index contributed by atoms with van der Waals surface area (Å²) in [6, 6.07) is 8.39. The second-order valence-corrected chi connectivity index (χ2v) is 7.90. The van der Waals surface area contributed by atoms with Crippen molar-refractivity contribution in [3.8, 4) is 5.75 Å². The fourth-order valence-electron chi connectivity index (χ4n) is 3.67. The van der Waals surface area contributed by atoms with E-state index < -0.39 is 11.0 Å². The van der Waals surface area contributed by atoms with Crippen LogP contribution in [0.4, 0.5) is 10.2 Å². The Bertz CT molecular complexity index is 901. The minimum Gasteiger partial charge on any atom is -0.496 e. The van der Waals surface area contributed by atoms with E-state index in [0.29, 0.717) is 18.7 Å². The number of aliphatic hydroxyl groups is 1. The van der Waals surface area contributed by atoms with Gasteiger partial charge in [0.15, 0.2) is 0 Å². The van der Waals surface area contributed by atoms with Crippen LogP contribution in [0.15, 0.2) is 42.7 Å². The molecule has 0 fully saturated rings. The molecule has 3 N–H and O–H groups in total. The van der Waals surface area contributed by atoms with E-state index >= 15 is 0 Å². The van der Waals surface area contributed by atoms with Crippen LogP contribution >= 0.6 is 0 Å². The van der Waals surface area contributed by atoms with E-state index in [1.54, 1.807) is 32.5 Å². The molecule has 0 aliphatic heterocycles. The Morgan fingerprint density at radius 1 is 1.22 bits per heavy atom. The number of ether oxygens (including phenoxy) is 1. The number of aromatic nitrogens is 2. The van der Waals surface area contributed by atoms with Gasteiger partial charge in [-0.1, -0.05) is 13.8 Å². The van der Waals surface area contributed by atoms with Gasteiger partial charge in [0.25, 0.3) is 0 Å². The highest BCUT2D eigenvalue weighted by molar-refractivity contribution is 5.82. The van der Waals surface area contributed by atoms with E-state index in [-0.39, 0.29) is 5.82 Å². The van der Waals surface area contributed by atoms with E-state index in [9.17, 15) is 9.50 Å². The maximum atomic E-state index is 13.8. The molecular weight excluding hydrogens is 345 g/mol. The number of hydrogen-bond donors (Lipinski definition) is 3. The molecule has 27 heavy (non-hydrogen) atoms. The number of aromatic amines is 1. The van der Waals surface area contributed by atoms with Gasteiger partial charge in [0.05, 0.1) is 24.4 Å². The highest BCUT2D eigenvalue weighted by atomic mass is 19.1. The largest absolute Gasteiger partial charge is 0.496 e. The number of nitrogens with zero attached hydrogens (tertiary/aromatic N) is 1. The first kappa shape index (κ1) is 19.2. The molecule has 0 amide bonds. The number of hydrogen-bond acceptors (Lipinski definition) is 4. The lowest BCUT2D eigenvalue weighted by Gasteiger charge is -2.35. The molecule has 0 saturated heterocycles. The number of rotatable bonds is 7. The monoisotopic (exact) mass is 371 g/mol. The summed E-state index contributed by atoms with van der Waals surface area (Å²) in [6.45, 7) is 6.08. The molecule has 0 saturated carbocycles. The van der Waals surface area contributed by atoms with Crippen molar-refractivity contribution in [2.24, 2.45) is 0 Å². The highest BCUT2D eigenvalue weighted by Crippen LogP contribution is 2.38. The maximum Gasteiger partial charge on any atom is 0.123 e. The van der Waals surface area contributed by atoms with E-state index in [0.717, 1.165) is 22.3 Å². The molecule has 5 nitrogen and oxygen atoms in total. The molecule has 0 radical (unpaired) electrons. The van der Waals surface area contributed by atoms with Crippen molar-refractivity contribution in [1.29, 1.82) is 0 Å². The van der Waals surface area contributed by atoms with Crippen molar-refractivity contribution >= 4 is 16.7 Å². The number of fused-ring (bicyclic) bond motifs is 1. The molecule has 144 valence electrons. The van der Waals surface area contributed by atoms with Gasteiger partial charge >= 0.3 is 0 Å². The van der Waals surface area contributed by atoms with Crippen LogP contribution in [0.2, 0.25) is 0 Å². The molecule has 1 atom stereocenters. The summed E-state index contributed by atoms with van der Waals surface area (Å²) in [5.74, 6) is 1.12. The average Bonchev–Trinajstić information content (AvgIpc) is 3.02. The zero-order chi connectivity index (χ0) is 19.7. The van der Waals surface area contributed by atoms with Crippen molar-refractivity contribution < 1.29 is 14.2 Å². The van der Waals surface area contributed by atoms with Gasteiger partial charge in [0.2, 0.25) is 0 Å². The van der Waals surface area contributed by atoms with Crippen LogP contribution in [0.1, 0.15) is 32.8 Å². The van der Waals surface area contributed by atoms with Gasteiger partial charge in [-0.3, -0.25) is 4.98 Å². The molecule has 0 spiro atoms. The van der Waals surface area contributed by atoms with Crippen LogP contribution in [0.3, 0.4) is 0 Å². The molecule has 2 heterocycles. The predicted octanol–water partition coefficient (Wildman–Crippen LogP) is 4.24. The summed E-state index contributed by atoms with van der Waals surface area (Å²) < 4.78 is 19.2. The third-order valence-corrected chi connectivity index (χ3v) is 4.80. The molecule has 3 rings (SSSR count). The second-order valence-electron chi connectivity index (χ2n) is 7.90. The highest BCUT2D eigenvalue weighted by Gasteiger charge is 2.34. The zero-order valence-corrected chi connectivity index (χ0v) is 16.1. The number of pyridine rings is 1. The summed E-state index contributed by atoms with van der Waals surface area (Å²) in [7, 11) is 1.57. The van der Waals surface area contributed by atoms with Crippen LogP contribution in [0.25, 0.3) is 10.9 Å². The van der Waals surface area contributed by atoms with E-state index in [4.69, 9.17) is 4.74 Å². The van der Waals surface area contributed by atoms with Crippen molar-refractivity contribution in [2.45, 2.75) is 38.2 Å². The van der Waals surface area contributed by atoms with E-state index in [2.05, 4.69) is 15.3 Å². The van der Waals surface area contributed by atoms with Gasteiger partial charge in [0.1, 0.15) is 17.4 Å². The van der Waals surface area contributed by atoms with E-state index in [1.165, 1.54) is 12.1 Å². The average molecular weight is 371 g/mol. The van der Waals surface area contributed by atoms with Crippen molar-refractivity contribution in [3.63, 3.8) is 0 Å². The topological polar surface area (TPSA) is 70.2 Å². The number of anilines is 1. The molecule has 0 aliphatic carbocycles. The third kappa shape index (κ3) is 4.39. The number of H-pyrrole nitrogens is 1. The quantitative estimate of drug-likeness (QED) is 0.581. The Kier molecular flexibility index (Phi) is 5.11. The van der Waals surface area contributed by atoms with Crippen molar-refractivity contribution in [3.05, 3.63) is 54.1 Å². The maximum absolute atomic E-state index is 13.8. The normalized spacial score (nSPS) is 14.1. The summed E-state index contributed by atoms with van der Waals surface area (Å²) in [5.41, 5.74) is 0.172. The summed E-state index contributed by atoms with van der Waals surface area (Å²) >= 11 is 0. The standard InChI is InChI=1S/C21H26FN3O2/c1-20(2,16-10-15(22)5-6-18(16)27-4)12-21(3,26)13-24-19-9-14-7-8-23-11-17(14)25-19/h5-11,24-26H,12-13H2,1-4H3. The predicted molar refractivity (Wildman–Crippen MR) is 106 cm³/mol. The van der Waals surface area contributed by atoms with Gasteiger partial charge in [-0.25, -0.2) is 4.39 Å². The lowest BCUT2D eigenvalue weighted by Crippen LogP contribution is -2.40. The molecular formula is C21H26FN3O2. The number of halogens is 1. The zero-order valence-electron chi connectivity index (χ0n) is 16.1. The summed E-state index contributed by atoms with van der Waals surface area (Å²) in [6.07, 6.45) is 3.93. The minimum absolute atomic E-state index is 0.316. The first-order valence-electron chi connectivity index (χ1n) is 8.93. The SMILES string of the molecule is COc1ccc(F)cc1C(C)(C)CC(C)(O)CNc1cc2ccncc2[nH]1. The van der Waals surface area contributed by atoms with Gasteiger partial charge in [-0.2, -0.15) is 0 Å². The number of benzene rings is 1. The molecule has 0 aliphatic rings. The fraction of sp³-hybridized carbons (Fsp3) is 0.381. The Balaban J connectivity index is 1.73. The Morgan fingerprint density at radius 3 is 2.70 bits per heavy atom. The second kappa shape index (κ2) is 7.19. The van der Waals surface area contributed by atoms with Crippen LogP contribution in [0.5, 0.6) is 5.75 Å². The van der Waals surface area contributed by atoms with Gasteiger partial charge in [-0.05, 0) is 49.1 Å². The van der Waals surface area contributed by atoms with E-state index in [1.807, 2.05) is 26.0 Å².